The van der Waals surface area contributed by atoms with E-state index in [0.29, 0.717) is 12.2 Å². The predicted molar refractivity (Wildman–Crippen MR) is 76.2 cm³/mol. The van der Waals surface area contributed by atoms with E-state index in [4.69, 9.17) is 5.73 Å². The van der Waals surface area contributed by atoms with Crippen LogP contribution in [0.2, 0.25) is 0 Å². The molecular formula is C14H20F3N3O. The summed E-state index contributed by atoms with van der Waals surface area (Å²) >= 11 is 0. The Labute approximate surface area is 122 Å². The van der Waals surface area contributed by atoms with Crippen LogP contribution in [0.1, 0.15) is 19.3 Å². The molecule has 1 aromatic carbocycles. The summed E-state index contributed by atoms with van der Waals surface area (Å²) in [6, 6.07) is 2.16. The Morgan fingerprint density at radius 3 is 2.62 bits per heavy atom. The first-order valence-electron chi connectivity index (χ1n) is 7.06. The summed E-state index contributed by atoms with van der Waals surface area (Å²) in [5.41, 5.74) is 6.26. The molecule has 1 aliphatic rings. The van der Waals surface area contributed by atoms with Gasteiger partial charge in [-0.3, -0.25) is 0 Å². The molecule has 21 heavy (non-hydrogen) atoms. The summed E-state index contributed by atoms with van der Waals surface area (Å²) in [5.74, 6) is -1.39. The van der Waals surface area contributed by atoms with E-state index in [1.807, 2.05) is 0 Å². The average molecular weight is 303 g/mol. The zero-order valence-corrected chi connectivity index (χ0v) is 11.7. The standard InChI is InChI=1S/C14H20F3N3O/c15-10-8-11(18)12(9-13(10)21-14(16)17)19-4-7-20-5-2-1-3-6-20/h8-9,14,19H,1-7,18H2. The summed E-state index contributed by atoms with van der Waals surface area (Å²) in [6.07, 6.45) is 3.67. The fraction of sp³-hybridized carbons (Fsp3) is 0.571. The molecule has 4 nitrogen and oxygen atoms in total. The van der Waals surface area contributed by atoms with Gasteiger partial charge in [-0.25, -0.2) is 4.39 Å². The van der Waals surface area contributed by atoms with Crippen molar-refractivity contribution >= 4 is 11.4 Å². The third-order valence-electron chi connectivity index (χ3n) is 3.51. The largest absolute Gasteiger partial charge is 0.432 e. The summed E-state index contributed by atoms with van der Waals surface area (Å²) in [5, 5.41) is 3.04. The van der Waals surface area contributed by atoms with E-state index in [1.165, 1.54) is 25.3 Å². The molecule has 1 heterocycles. The fourth-order valence-electron chi connectivity index (χ4n) is 2.44. The molecule has 0 amide bonds. The fourth-order valence-corrected chi connectivity index (χ4v) is 2.44. The highest BCUT2D eigenvalue weighted by Crippen LogP contribution is 2.29. The molecule has 0 aliphatic carbocycles. The van der Waals surface area contributed by atoms with Gasteiger partial charge in [0.15, 0.2) is 11.6 Å². The number of hydrogen-bond donors (Lipinski definition) is 2. The predicted octanol–water partition coefficient (Wildman–Crippen LogP) is 2.91. The lowest BCUT2D eigenvalue weighted by atomic mass is 10.1. The normalized spacial score (nSPS) is 16.2. The zero-order valence-electron chi connectivity index (χ0n) is 11.7. The molecule has 0 aromatic heterocycles. The van der Waals surface area contributed by atoms with Crippen molar-refractivity contribution in [2.75, 3.05) is 37.2 Å². The van der Waals surface area contributed by atoms with Crippen molar-refractivity contribution in [1.29, 1.82) is 0 Å². The number of halogens is 3. The molecule has 1 saturated heterocycles. The Morgan fingerprint density at radius 2 is 1.95 bits per heavy atom. The van der Waals surface area contributed by atoms with Crippen molar-refractivity contribution in [3.05, 3.63) is 17.9 Å². The second kappa shape index (κ2) is 7.40. The maximum absolute atomic E-state index is 13.4. The van der Waals surface area contributed by atoms with Crippen molar-refractivity contribution in [2.45, 2.75) is 25.9 Å². The molecule has 1 aliphatic heterocycles. The third kappa shape index (κ3) is 4.70. The van der Waals surface area contributed by atoms with Crippen molar-refractivity contribution in [3.63, 3.8) is 0 Å². The number of nitrogen functional groups attached to an aromatic ring is 1. The highest BCUT2D eigenvalue weighted by atomic mass is 19.3. The molecule has 0 saturated carbocycles. The number of nitrogens with one attached hydrogen (secondary N) is 1. The highest BCUT2D eigenvalue weighted by Gasteiger charge is 2.14. The van der Waals surface area contributed by atoms with Gasteiger partial charge in [-0.2, -0.15) is 8.78 Å². The summed E-state index contributed by atoms with van der Waals surface area (Å²) in [6.45, 7) is 0.524. The average Bonchev–Trinajstić information content (AvgIpc) is 2.44. The topological polar surface area (TPSA) is 50.5 Å². The van der Waals surface area contributed by atoms with Crippen LogP contribution in [-0.2, 0) is 0 Å². The lowest BCUT2D eigenvalue weighted by Crippen LogP contribution is -2.33. The summed E-state index contributed by atoms with van der Waals surface area (Å²) in [7, 11) is 0. The van der Waals surface area contributed by atoms with E-state index >= 15 is 0 Å². The van der Waals surface area contributed by atoms with Gasteiger partial charge >= 0.3 is 6.61 Å². The summed E-state index contributed by atoms with van der Waals surface area (Å²) in [4.78, 5) is 2.33. The minimum absolute atomic E-state index is 0.174. The maximum atomic E-state index is 13.4. The molecule has 0 radical (unpaired) electrons. The van der Waals surface area contributed by atoms with Crippen LogP contribution < -0.4 is 15.8 Å². The number of benzene rings is 1. The second-order valence-corrected chi connectivity index (χ2v) is 5.08. The second-order valence-electron chi connectivity index (χ2n) is 5.08. The maximum Gasteiger partial charge on any atom is 0.387 e. The zero-order chi connectivity index (χ0) is 15.2. The smallest absolute Gasteiger partial charge is 0.387 e. The first kappa shape index (κ1) is 15.8. The molecule has 0 atom stereocenters. The van der Waals surface area contributed by atoms with E-state index in [-0.39, 0.29) is 5.69 Å². The number of likely N-dealkylation sites (tertiary alicyclic amines) is 1. The first-order chi connectivity index (χ1) is 10.1. The molecule has 3 N–H and O–H groups in total. The number of piperidine rings is 1. The van der Waals surface area contributed by atoms with Gasteiger partial charge in [-0.05, 0) is 25.9 Å². The molecular weight excluding hydrogens is 283 g/mol. The minimum atomic E-state index is -3.07. The third-order valence-corrected chi connectivity index (χ3v) is 3.51. The van der Waals surface area contributed by atoms with Crippen LogP contribution in [0.15, 0.2) is 12.1 Å². The van der Waals surface area contributed by atoms with Gasteiger partial charge in [0.25, 0.3) is 0 Å². The van der Waals surface area contributed by atoms with Gasteiger partial charge in [0, 0.05) is 25.2 Å². The first-order valence-corrected chi connectivity index (χ1v) is 7.06. The van der Waals surface area contributed by atoms with E-state index < -0.39 is 18.2 Å². The number of nitrogens with two attached hydrogens (primary N) is 1. The number of ether oxygens (including phenoxy) is 1. The Morgan fingerprint density at radius 1 is 1.24 bits per heavy atom. The molecule has 0 spiro atoms. The van der Waals surface area contributed by atoms with Gasteiger partial charge in [-0.1, -0.05) is 6.42 Å². The number of hydrogen-bond acceptors (Lipinski definition) is 4. The van der Waals surface area contributed by atoms with Gasteiger partial charge in [0.05, 0.1) is 11.4 Å². The Balaban J connectivity index is 1.92. The van der Waals surface area contributed by atoms with Gasteiger partial charge in [0.1, 0.15) is 0 Å². The minimum Gasteiger partial charge on any atom is -0.432 e. The lowest BCUT2D eigenvalue weighted by Gasteiger charge is -2.26. The van der Waals surface area contributed by atoms with Crippen LogP contribution in [0.4, 0.5) is 24.5 Å². The van der Waals surface area contributed by atoms with Crippen molar-refractivity contribution in [3.8, 4) is 5.75 Å². The van der Waals surface area contributed by atoms with Crippen LogP contribution in [0.3, 0.4) is 0 Å². The SMILES string of the molecule is Nc1cc(F)c(OC(F)F)cc1NCCN1CCCCC1. The molecule has 118 valence electrons. The quantitative estimate of drug-likeness (QED) is 0.793. The van der Waals surface area contributed by atoms with Crippen LogP contribution in [0, 0.1) is 5.82 Å². The number of nitrogens with zero attached hydrogens (tertiary/aromatic N) is 1. The van der Waals surface area contributed by atoms with E-state index in [0.717, 1.165) is 25.7 Å². The molecule has 7 heteroatoms. The van der Waals surface area contributed by atoms with Crippen molar-refractivity contribution < 1.29 is 17.9 Å². The lowest BCUT2D eigenvalue weighted by molar-refractivity contribution is -0.0521. The summed E-state index contributed by atoms with van der Waals surface area (Å²) < 4.78 is 41.9. The molecule has 0 bridgehead atoms. The molecule has 2 rings (SSSR count). The van der Waals surface area contributed by atoms with Crippen LogP contribution >= 0.6 is 0 Å². The molecule has 1 fully saturated rings. The highest BCUT2D eigenvalue weighted by molar-refractivity contribution is 5.68. The molecule has 0 unspecified atom stereocenters. The van der Waals surface area contributed by atoms with Gasteiger partial charge in [0.2, 0.25) is 0 Å². The number of rotatable bonds is 6. The van der Waals surface area contributed by atoms with E-state index in [2.05, 4.69) is 15.0 Å². The monoisotopic (exact) mass is 303 g/mol. The number of anilines is 2. The van der Waals surface area contributed by atoms with Crippen LogP contribution in [-0.4, -0.2) is 37.7 Å². The number of alkyl halides is 2. The Bertz CT molecular complexity index is 465. The Hall–Kier alpha value is -1.63. The van der Waals surface area contributed by atoms with Crippen molar-refractivity contribution in [1.82, 2.24) is 4.90 Å². The van der Waals surface area contributed by atoms with Crippen LogP contribution in [0.25, 0.3) is 0 Å². The Kier molecular flexibility index (Phi) is 5.55. The van der Waals surface area contributed by atoms with E-state index in [1.54, 1.807) is 0 Å². The van der Waals surface area contributed by atoms with Crippen LogP contribution in [0.5, 0.6) is 5.75 Å². The van der Waals surface area contributed by atoms with Crippen molar-refractivity contribution in [2.24, 2.45) is 0 Å². The van der Waals surface area contributed by atoms with E-state index in [9.17, 15) is 13.2 Å². The molecule has 1 aromatic rings. The van der Waals surface area contributed by atoms with Gasteiger partial charge < -0.3 is 20.7 Å². The van der Waals surface area contributed by atoms with Gasteiger partial charge in [-0.15, -0.1) is 0 Å².